The van der Waals surface area contributed by atoms with Gasteiger partial charge in [-0.3, -0.25) is 4.79 Å². The quantitative estimate of drug-likeness (QED) is 0.899. The van der Waals surface area contributed by atoms with Crippen molar-refractivity contribution in [1.29, 1.82) is 0 Å². The number of halogens is 3. The van der Waals surface area contributed by atoms with Crippen molar-refractivity contribution in [3.05, 3.63) is 35.4 Å². The molecule has 5 heteroatoms. The van der Waals surface area contributed by atoms with Crippen molar-refractivity contribution in [2.45, 2.75) is 56.7 Å². The highest BCUT2D eigenvalue weighted by Crippen LogP contribution is 2.31. The molecule has 0 spiro atoms. The highest BCUT2D eigenvalue weighted by atomic mass is 19.4. The van der Waals surface area contributed by atoms with Gasteiger partial charge in [0.1, 0.15) is 5.60 Å². The Kier molecular flexibility index (Phi) is 4.71. The van der Waals surface area contributed by atoms with Crippen LogP contribution in [0.1, 0.15) is 49.7 Å². The van der Waals surface area contributed by atoms with Gasteiger partial charge in [-0.1, -0.05) is 31.4 Å². The van der Waals surface area contributed by atoms with E-state index in [4.69, 9.17) is 0 Å². The Hall–Kier alpha value is -1.36. The summed E-state index contributed by atoms with van der Waals surface area (Å²) in [5, 5.41) is 10.6. The van der Waals surface area contributed by atoms with Crippen LogP contribution < -0.4 is 0 Å². The van der Waals surface area contributed by atoms with Crippen molar-refractivity contribution < 1.29 is 23.1 Å². The van der Waals surface area contributed by atoms with Crippen LogP contribution >= 0.6 is 0 Å². The van der Waals surface area contributed by atoms with Gasteiger partial charge in [0.2, 0.25) is 0 Å². The molecule has 0 aromatic heterocycles. The number of ketones is 1. The van der Waals surface area contributed by atoms with E-state index >= 15 is 0 Å². The van der Waals surface area contributed by atoms with Crippen LogP contribution in [-0.4, -0.2) is 16.5 Å². The van der Waals surface area contributed by atoms with Crippen LogP contribution in [0.3, 0.4) is 0 Å². The zero-order valence-corrected chi connectivity index (χ0v) is 11.7. The number of benzene rings is 1. The van der Waals surface area contributed by atoms with Crippen molar-refractivity contribution in [2.75, 3.05) is 0 Å². The number of aliphatic hydroxyl groups is 1. The van der Waals surface area contributed by atoms with Gasteiger partial charge in [-0.2, -0.15) is 13.2 Å². The van der Waals surface area contributed by atoms with Gasteiger partial charge in [-0.15, -0.1) is 0 Å². The van der Waals surface area contributed by atoms with Crippen LogP contribution in [0.25, 0.3) is 0 Å². The minimum atomic E-state index is -4.37. The van der Waals surface area contributed by atoms with E-state index in [0.29, 0.717) is 18.4 Å². The van der Waals surface area contributed by atoms with Gasteiger partial charge in [0, 0.05) is 12.8 Å². The molecule has 2 rings (SSSR count). The van der Waals surface area contributed by atoms with E-state index in [0.717, 1.165) is 37.8 Å². The van der Waals surface area contributed by atoms with Gasteiger partial charge in [0.15, 0.2) is 5.78 Å². The smallest absolute Gasteiger partial charge is 0.382 e. The van der Waals surface area contributed by atoms with Crippen LogP contribution in [0.5, 0.6) is 0 Å². The molecular formula is C16H19F3O2. The fraction of sp³-hybridized carbons (Fsp3) is 0.562. The maximum Gasteiger partial charge on any atom is 0.416 e. The van der Waals surface area contributed by atoms with Crippen molar-refractivity contribution in [3.63, 3.8) is 0 Å². The number of carbonyl (C=O) groups is 1. The molecule has 1 saturated carbocycles. The van der Waals surface area contributed by atoms with Crippen molar-refractivity contribution >= 4 is 5.78 Å². The molecule has 0 radical (unpaired) electrons. The van der Waals surface area contributed by atoms with E-state index in [1.54, 1.807) is 0 Å². The Morgan fingerprint density at radius 1 is 1.05 bits per heavy atom. The number of hydrogen-bond donors (Lipinski definition) is 1. The molecule has 0 amide bonds. The third-order valence-electron chi connectivity index (χ3n) is 4.04. The summed E-state index contributed by atoms with van der Waals surface area (Å²) in [6, 6.07) is 4.66. The maximum absolute atomic E-state index is 12.5. The minimum Gasteiger partial charge on any atom is -0.382 e. The Labute approximate surface area is 122 Å². The molecule has 1 fully saturated rings. The summed E-state index contributed by atoms with van der Waals surface area (Å²) < 4.78 is 37.5. The Bertz CT molecular complexity index is 493. The molecule has 1 aliphatic rings. The third-order valence-corrected chi connectivity index (χ3v) is 4.04. The molecular weight excluding hydrogens is 281 g/mol. The van der Waals surface area contributed by atoms with Crippen LogP contribution in [-0.2, 0) is 17.4 Å². The van der Waals surface area contributed by atoms with Crippen LogP contribution in [0.2, 0.25) is 0 Å². The van der Waals surface area contributed by atoms with Crippen molar-refractivity contribution in [3.8, 4) is 0 Å². The van der Waals surface area contributed by atoms with Crippen LogP contribution in [0, 0.1) is 0 Å². The average molecular weight is 300 g/mol. The molecule has 0 aliphatic heterocycles. The van der Waals surface area contributed by atoms with E-state index in [2.05, 4.69) is 0 Å². The number of carbonyl (C=O) groups excluding carboxylic acids is 1. The first-order chi connectivity index (χ1) is 9.81. The largest absolute Gasteiger partial charge is 0.416 e. The zero-order chi connectivity index (χ0) is 15.5. The van der Waals surface area contributed by atoms with Gasteiger partial charge in [0.05, 0.1) is 5.56 Å². The minimum absolute atomic E-state index is 0.0873. The molecule has 1 aromatic carbocycles. The fourth-order valence-corrected chi connectivity index (χ4v) is 2.76. The maximum atomic E-state index is 12.5. The molecule has 1 aliphatic carbocycles. The average Bonchev–Trinajstić information content (AvgIpc) is 2.40. The van der Waals surface area contributed by atoms with Gasteiger partial charge in [-0.25, -0.2) is 0 Å². The summed E-state index contributed by atoms with van der Waals surface area (Å²) in [4.78, 5) is 12.1. The monoisotopic (exact) mass is 300 g/mol. The topological polar surface area (TPSA) is 37.3 Å². The molecule has 0 bridgehead atoms. The second-order valence-corrected chi connectivity index (χ2v) is 5.74. The highest BCUT2D eigenvalue weighted by molar-refractivity contribution is 5.87. The molecule has 1 atom stereocenters. The van der Waals surface area contributed by atoms with E-state index in [1.807, 2.05) is 0 Å². The lowest BCUT2D eigenvalue weighted by Gasteiger charge is -2.28. The van der Waals surface area contributed by atoms with E-state index < -0.39 is 17.3 Å². The molecule has 116 valence electrons. The molecule has 2 nitrogen and oxygen atoms in total. The first-order valence-electron chi connectivity index (χ1n) is 7.23. The Morgan fingerprint density at radius 2 is 1.67 bits per heavy atom. The molecule has 21 heavy (non-hydrogen) atoms. The third kappa shape index (κ3) is 4.06. The van der Waals surface area contributed by atoms with Gasteiger partial charge >= 0.3 is 6.18 Å². The lowest BCUT2D eigenvalue weighted by atomic mass is 9.81. The van der Waals surface area contributed by atoms with E-state index in [9.17, 15) is 23.1 Å². The molecule has 1 unspecified atom stereocenters. The number of alkyl halides is 3. The standard InChI is InChI=1S/C16H19F3O2/c17-16(18,19)13-8-6-12(7-9-13)11-15(21)10-4-2-1-3-5-14(15)20/h6-9,21H,1-5,10-11H2. The van der Waals surface area contributed by atoms with E-state index in [-0.39, 0.29) is 12.2 Å². The van der Waals surface area contributed by atoms with Gasteiger partial charge in [0.25, 0.3) is 0 Å². The second kappa shape index (κ2) is 6.18. The van der Waals surface area contributed by atoms with Gasteiger partial charge < -0.3 is 5.11 Å². The summed E-state index contributed by atoms with van der Waals surface area (Å²) in [6.45, 7) is 0. The molecule has 1 aromatic rings. The molecule has 0 heterocycles. The zero-order valence-electron chi connectivity index (χ0n) is 11.7. The molecule has 0 saturated heterocycles. The van der Waals surface area contributed by atoms with Gasteiger partial charge in [-0.05, 0) is 30.5 Å². The summed E-state index contributed by atoms with van der Waals surface area (Å²) >= 11 is 0. The summed E-state index contributed by atoms with van der Waals surface area (Å²) in [5.41, 5.74) is -1.60. The normalized spacial score (nSPS) is 24.5. The number of hydrogen-bond acceptors (Lipinski definition) is 2. The fourth-order valence-electron chi connectivity index (χ4n) is 2.76. The predicted octanol–water partition coefficient (Wildman–Crippen LogP) is 3.90. The summed E-state index contributed by atoms with van der Waals surface area (Å²) in [7, 11) is 0. The predicted molar refractivity (Wildman–Crippen MR) is 72.8 cm³/mol. The SMILES string of the molecule is O=C1CCCCCCC1(O)Cc1ccc(C(F)(F)F)cc1. The molecule has 1 N–H and O–H groups in total. The van der Waals surface area contributed by atoms with Crippen molar-refractivity contribution in [2.24, 2.45) is 0 Å². The first kappa shape index (κ1) is 16.0. The lowest BCUT2D eigenvalue weighted by Crippen LogP contribution is -2.41. The van der Waals surface area contributed by atoms with Crippen LogP contribution in [0.15, 0.2) is 24.3 Å². The number of Topliss-reactive ketones (excluding diaryl/α,β-unsaturated/α-hetero) is 1. The highest BCUT2D eigenvalue weighted by Gasteiger charge is 2.36. The van der Waals surface area contributed by atoms with Crippen LogP contribution in [0.4, 0.5) is 13.2 Å². The first-order valence-corrected chi connectivity index (χ1v) is 7.23. The Morgan fingerprint density at radius 3 is 2.29 bits per heavy atom. The number of rotatable bonds is 2. The Balaban J connectivity index is 2.13. The second-order valence-electron chi connectivity index (χ2n) is 5.74. The summed E-state index contributed by atoms with van der Waals surface area (Å²) in [5.74, 6) is -0.193. The van der Waals surface area contributed by atoms with Crippen molar-refractivity contribution in [1.82, 2.24) is 0 Å². The van der Waals surface area contributed by atoms with E-state index in [1.165, 1.54) is 12.1 Å². The summed E-state index contributed by atoms with van der Waals surface area (Å²) in [6.07, 6.45) is -0.0544. The lowest BCUT2D eigenvalue weighted by molar-refractivity contribution is -0.139.